The van der Waals surface area contributed by atoms with Gasteiger partial charge in [-0.05, 0) is 28.8 Å². The number of hydrogen-bond donors (Lipinski definition) is 1. The number of ether oxygens (including phenoxy) is 3. The zero-order valence-electron chi connectivity index (χ0n) is 15.4. The Morgan fingerprint density at radius 1 is 1.07 bits per heavy atom. The minimum Gasteiger partial charge on any atom is -0.486 e. The van der Waals surface area contributed by atoms with Crippen molar-refractivity contribution in [2.45, 2.75) is 25.7 Å². The van der Waals surface area contributed by atoms with Gasteiger partial charge in [-0.1, -0.05) is 35.9 Å². The van der Waals surface area contributed by atoms with Crippen LogP contribution in [0.3, 0.4) is 0 Å². The van der Waals surface area contributed by atoms with E-state index in [1.807, 2.05) is 0 Å². The predicted octanol–water partition coefficient (Wildman–Crippen LogP) is 4.05. The van der Waals surface area contributed by atoms with Crippen LogP contribution in [-0.4, -0.2) is 31.9 Å². The fraction of sp³-hybridized carbons (Fsp3) is 0.350. The minimum atomic E-state index is -4.34. The van der Waals surface area contributed by atoms with Crippen molar-refractivity contribution in [1.29, 1.82) is 0 Å². The molecule has 1 aliphatic heterocycles. The fourth-order valence-electron chi connectivity index (χ4n) is 2.75. The second kappa shape index (κ2) is 9.37. The van der Waals surface area contributed by atoms with Gasteiger partial charge in [0.2, 0.25) is 5.91 Å². The molecule has 0 saturated carbocycles. The topological polar surface area (TPSA) is 56.8 Å². The molecule has 3 rings (SSSR count). The first kappa shape index (κ1) is 21.3. The van der Waals surface area contributed by atoms with E-state index >= 15 is 0 Å². The summed E-state index contributed by atoms with van der Waals surface area (Å²) in [5, 5.41) is 3.19. The zero-order chi connectivity index (χ0) is 20.9. The average molecular weight is 430 g/mol. The number of benzene rings is 2. The lowest BCUT2D eigenvalue weighted by atomic mass is 10.1. The van der Waals surface area contributed by atoms with Gasteiger partial charge in [0.25, 0.3) is 0 Å². The Labute approximate surface area is 170 Å². The van der Waals surface area contributed by atoms with Gasteiger partial charge in [-0.15, -0.1) is 0 Å². The van der Waals surface area contributed by atoms with Gasteiger partial charge in [0.05, 0.1) is 18.1 Å². The molecule has 0 saturated heterocycles. The van der Waals surface area contributed by atoms with Gasteiger partial charge in [0, 0.05) is 6.54 Å². The van der Waals surface area contributed by atoms with Crippen molar-refractivity contribution < 1.29 is 32.2 Å². The summed E-state index contributed by atoms with van der Waals surface area (Å²) in [7, 11) is 0. The molecule has 2 aromatic carbocycles. The lowest BCUT2D eigenvalue weighted by Crippen LogP contribution is -2.24. The monoisotopic (exact) mass is 429 g/mol. The highest BCUT2D eigenvalue weighted by Gasteiger charge is 2.27. The highest BCUT2D eigenvalue weighted by molar-refractivity contribution is 6.32. The van der Waals surface area contributed by atoms with Crippen LogP contribution < -0.4 is 14.8 Å². The van der Waals surface area contributed by atoms with Gasteiger partial charge >= 0.3 is 6.18 Å². The van der Waals surface area contributed by atoms with E-state index in [1.165, 1.54) is 0 Å². The van der Waals surface area contributed by atoms with Crippen LogP contribution >= 0.6 is 11.6 Å². The van der Waals surface area contributed by atoms with Gasteiger partial charge in [0.15, 0.2) is 11.5 Å². The van der Waals surface area contributed by atoms with Crippen LogP contribution in [0.5, 0.6) is 11.5 Å². The molecule has 0 aliphatic carbocycles. The standard InChI is InChI=1S/C20H19ClF3NO4/c21-16-7-15(8-17-19(16)29-6-5-28-17)9-18(26)25-10-13-1-3-14(4-2-13)11-27-12-20(22,23)24/h1-4,7-8H,5-6,9-12H2,(H,25,26). The van der Waals surface area contributed by atoms with E-state index in [0.717, 1.165) is 5.56 Å². The number of nitrogens with one attached hydrogen (secondary N) is 1. The van der Waals surface area contributed by atoms with Crippen molar-refractivity contribution in [3.63, 3.8) is 0 Å². The number of alkyl halides is 3. The Balaban J connectivity index is 1.47. The van der Waals surface area contributed by atoms with E-state index in [0.29, 0.717) is 47.4 Å². The molecule has 5 nitrogen and oxygen atoms in total. The first-order valence-electron chi connectivity index (χ1n) is 8.87. The second-order valence-corrected chi connectivity index (χ2v) is 6.89. The second-order valence-electron chi connectivity index (χ2n) is 6.48. The molecular formula is C20H19ClF3NO4. The third-order valence-electron chi connectivity index (χ3n) is 4.07. The van der Waals surface area contributed by atoms with Crippen molar-refractivity contribution >= 4 is 17.5 Å². The van der Waals surface area contributed by atoms with E-state index in [9.17, 15) is 18.0 Å². The molecule has 0 spiro atoms. The van der Waals surface area contributed by atoms with Gasteiger partial charge in [-0.25, -0.2) is 0 Å². The lowest BCUT2D eigenvalue weighted by molar-refractivity contribution is -0.176. The molecule has 1 N–H and O–H groups in total. The molecule has 0 atom stereocenters. The summed E-state index contributed by atoms with van der Waals surface area (Å²) in [5.41, 5.74) is 2.14. The molecule has 0 radical (unpaired) electrons. The maximum Gasteiger partial charge on any atom is 0.411 e. The number of rotatable bonds is 7. The molecular weight excluding hydrogens is 411 g/mol. The highest BCUT2D eigenvalue weighted by Crippen LogP contribution is 2.38. The smallest absolute Gasteiger partial charge is 0.411 e. The van der Waals surface area contributed by atoms with Crippen LogP contribution in [0, 0.1) is 0 Å². The Kier molecular flexibility index (Phi) is 6.87. The van der Waals surface area contributed by atoms with Crippen LogP contribution in [0.25, 0.3) is 0 Å². The third kappa shape index (κ3) is 6.54. The zero-order valence-corrected chi connectivity index (χ0v) is 16.1. The number of carbonyl (C=O) groups is 1. The predicted molar refractivity (Wildman–Crippen MR) is 100 cm³/mol. The van der Waals surface area contributed by atoms with Gasteiger partial charge in [-0.2, -0.15) is 13.2 Å². The van der Waals surface area contributed by atoms with Gasteiger partial charge in [0.1, 0.15) is 19.8 Å². The summed E-state index contributed by atoms with van der Waals surface area (Å²) in [5.74, 6) is 0.812. The molecule has 1 amide bonds. The molecule has 0 aromatic heterocycles. The molecule has 0 bridgehead atoms. The third-order valence-corrected chi connectivity index (χ3v) is 4.35. The lowest BCUT2D eigenvalue weighted by Gasteiger charge is -2.20. The minimum absolute atomic E-state index is 0.125. The molecule has 0 unspecified atom stereocenters. The summed E-state index contributed by atoms with van der Waals surface area (Å²) >= 11 is 6.17. The molecule has 29 heavy (non-hydrogen) atoms. The van der Waals surface area contributed by atoms with E-state index in [1.54, 1.807) is 36.4 Å². The number of carbonyl (C=O) groups excluding carboxylic acids is 1. The highest BCUT2D eigenvalue weighted by atomic mass is 35.5. The van der Waals surface area contributed by atoms with Crippen molar-refractivity contribution in [2.24, 2.45) is 0 Å². The Morgan fingerprint density at radius 2 is 1.76 bits per heavy atom. The number of hydrogen-bond acceptors (Lipinski definition) is 4. The molecule has 2 aromatic rings. The Hall–Kier alpha value is -2.45. The van der Waals surface area contributed by atoms with E-state index < -0.39 is 12.8 Å². The molecule has 0 fully saturated rings. The van der Waals surface area contributed by atoms with Crippen LogP contribution in [0.1, 0.15) is 16.7 Å². The van der Waals surface area contributed by atoms with Crippen LogP contribution in [-0.2, 0) is 29.1 Å². The van der Waals surface area contributed by atoms with E-state index in [-0.39, 0.29) is 18.9 Å². The Bertz CT molecular complexity index is 856. The van der Waals surface area contributed by atoms with Gasteiger partial charge in [-0.3, -0.25) is 4.79 Å². The SMILES string of the molecule is O=C(Cc1cc(Cl)c2c(c1)OCCO2)NCc1ccc(COCC(F)(F)F)cc1. The largest absolute Gasteiger partial charge is 0.486 e. The molecule has 156 valence electrons. The summed E-state index contributed by atoms with van der Waals surface area (Å²) in [6.45, 7) is -0.261. The normalized spacial score (nSPS) is 13.2. The van der Waals surface area contributed by atoms with Crippen molar-refractivity contribution in [3.05, 3.63) is 58.1 Å². The quantitative estimate of drug-likeness (QED) is 0.721. The maximum absolute atomic E-state index is 12.2. The summed E-state index contributed by atoms with van der Waals surface area (Å²) < 4.78 is 51.8. The molecule has 1 heterocycles. The first-order chi connectivity index (χ1) is 13.8. The van der Waals surface area contributed by atoms with Crippen LogP contribution in [0.2, 0.25) is 5.02 Å². The summed E-state index contributed by atoms with van der Waals surface area (Å²) in [4.78, 5) is 12.2. The first-order valence-corrected chi connectivity index (χ1v) is 9.25. The Morgan fingerprint density at radius 3 is 2.48 bits per heavy atom. The van der Waals surface area contributed by atoms with Crippen molar-refractivity contribution in [3.8, 4) is 11.5 Å². The van der Waals surface area contributed by atoms with Gasteiger partial charge < -0.3 is 19.5 Å². The van der Waals surface area contributed by atoms with Crippen molar-refractivity contribution in [2.75, 3.05) is 19.8 Å². The summed E-state index contributed by atoms with van der Waals surface area (Å²) in [6, 6.07) is 10.2. The van der Waals surface area contributed by atoms with Crippen LogP contribution in [0.15, 0.2) is 36.4 Å². The fourth-order valence-corrected chi connectivity index (χ4v) is 3.04. The van der Waals surface area contributed by atoms with Crippen LogP contribution in [0.4, 0.5) is 13.2 Å². The molecule has 9 heteroatoms. The van der Waals surface area contributed by atoms with E-state index in [4.69, 9.17) is 21.1 Å². The number of halogens is 4. The molecule has 1 aliphatic rings. The summed E-state index contributed by atoms with van der Waals surface area (Å²) in [6.07, 6.45) is -4.22. The maximum atomic E-state index is 12.2. The van der Waals surface area contributed by atoms with E-state index in [2.05, 4.69) is 10.1 Å². The van der Waals surface area contributed by atoms with Crippen molar-refractivity contribution in [1.82, 2.24) is 5.32 Å². The number of amides is 1. The number of fused-ring (bicyclic) bond motifs is 1. The average Bonchev–Trinajstić information content (AvgIpc) is 2.66.